The summed E-state index contributed by atoms with van der Waals surface area (Å²) in [5, 5.41) is 29.2. The molecule has 0 unspecified atom stereocenters. The Bertz CT molecular complexity index is 2380. The first-order chi connectivity index (χ1) is 29.1. The van der Waals surface area contributed by atoms with Crippen LogP contribution in [0, 0.1) is 5.41 Å². The number of hydrogen-bond acceptors (Lipinski definition) is 7. The molecule has 0 aliphatic heterocycles. The quantitative estimate of drug-likeness (QED) is 0.0952. The van der Waals surface area contributed by atoms with Gasteiger partial charge < -0.3 is 29.6 Å². The van der Waals surface area contributed by atoms with E-state index in [0.29, 0.717) is 80.5 Å². The molecule has 3 aromatic carbocycles. The van der Waals surface area contributed by atoms with Crippen molar-refractivity contribution in [1.82, 2.24) is 4.90 Å². The van der Waals surface area contributed by atoms with Crippen molar-refractivity contribution < 1.29 is 42.1 Å². The van der Waals surface area contributed by atoms with Crippen LogP contribution < -0.4 is 10.1 Å². The normalized spacial score (nSPS) is 22.0. The molecule has 2 amide bonds. The number of allylic oxidation sites excluding steroid dienone is 2. The Morgan fingerprint density at radius 1 is 1.03 bits per heavy atom. The van der Waals surface area contributed by atoms with E-state index in [-0.39, 0.29) is 40.6 Å². The number of ether oxygens (including phenoxy) is 1. The fourth-order valence-electron chi connectivity index (χ4n) is 8.97. The standard InChI is InChI=1S/C48H50ClF3N2O6S/c1-30-6-4-22-46(2)40(20-23-47(46,58)29-54(24-21-36-7-5-25-61-36)45(57)53-33-11-14-35(59-3)15-12-33)37-16-9-31(26-34(55)13-8-30)27-38(37)44(56)43-19-18-42(60-43)39-28-32(48(50,51)52)10-17-41(39)49/h5-7,9-12,14-19,25,27-28,34,40,55,58H,4,8,13,20-24,26,29H2,1-3H3,(H,53,57)/t34-,40-,46-,47+/m0/s1. The maximum Gasteiger partial charge on any atom is 0.416 e. The van der Waals surface area contributed by atoms with E-state index in [1.165, 1.54) is 12.1 Å². The number of halogens is 4. The molecular formula is C48H50ClF3N2O6S. The van der Waals surface area contributed by atoms with Gasteiger partial charge in [0.05, 0.1) is 35.9 Å². The molecule has 5 aromatic rings. The lowest BCUT2D eigenvalue weighted by molar-refractivity contribution is -0.137. The average molecular weight is 875 g/mol. The van der Waals surface area contributed by atoms with Crippen molar-refractivity contribution in [2.24, 2.45) is 5.41 Å². The van der Waals surface area contributed by atoms with Gasteiger partial charge in [0.1, 0.15) is 11.5 Å². The van der Waals surface area contributed by atoms with Crippen LogP contribution in [-0.4, -0.2) is 58.8 Å². The highest BCUT2D eigenvalue weighted by Crippen LogP contribution is 2.59. The number of anilines is 1. The number of urea groups is 1. The fraction of sp³-hybridized carbons (Fsp3) is 0.375. The summed E-state index contributed by atoms with van der Waals surface area (Å²) in [7, 11) is 1.57. The molecule has 0 radical (unpaired) electrons. The molecule has 0 spiro atoms. The second kappa shape index (κ2) is 18.2. The van der Waals surface area contributed by atoms with Gasteiger partial charge in [-0.3, -0.25) is 4.79 Å². The highest BCUT2D eigenvalue weighted by molar-refractivity contribution is 7.09. The van der Waals surface area contributed by atoms with Gasteiger partial charge in [0, 0.05) is 33.7 Å². The van der Waals surface area contributed by atoms with Crippen molar-refractivity contribution in [1.29, 1.82) is 0 Å². The predicted molar refractivity (Wildman–Crippen MR) is 233 cm³/mol. The number of carbonyl (C=O) groups is 2. The Morgan fingerprint density at radius 3 is 2.54 bits per heavy atom. The first kappa shape index (κ1) is 44.2. The van der Waals surface area contributed by atoms with E-state index in [1.807, 2.05) is 43.5 Å². The minimum Gasteiger partial charge on any atom is -0.497 e. The molecule has 322 valence electrons. The average Bonchev–Trinajstić information content (AvgIpc) is 3.99. The molecule has 2 bridgehead atoms. The third-order valence-corrected chi connectivity index (χ3v) is 13.9. The van der Waals surface area contributed by atoms with Crippen molar-refractivity contribution >= 4 is 40.4 Å². The number of aliphatic hydroxyl groups is 2. The Balaban J connectivity index is 1.26. The molecule has 1 fully saturated rings. The van der Waals surface area contributed by atoms with Crippen molar-refractivity contribution in [3.05, 3.63) is 140 Å². The number of thiophene rings is 1. The Morgan fingerprint density at radius 2 is 1.82 bits per heavy atom. The second-order valence-electron chi connectivity index (χ2n) is 16.5. The molecule has 2 aromatic heterocycles. The monoisotopic (exact) mass is 874 g/mol. The van der Waals surface area contributed by atoms with Gasteiger partial charge in [-0.25, -0.2) is 4.79 Å². The molecule has 8 rings (SSSR count). The number of carbonyl (C=O) groups excluding carboxylic acids is 2. The van der Waals surface area contributed by atoms with Crippen LogP contribution in [0.1, 0.15) is 96.0 Å². The van der Waals surface area contributed by atoms with Crippen LogP contribution in [0.15, 0.2) is 106 Å². The van der Waals surface area contributed by atoms with Crippen molar-refractivity contribution in [3.8, 4) is 17.1 Å². The number of nitrogens with one attached hydrogen (secondary N) is 1. The van der Waals surface area contributed by atoms with Crippen molar-refractivity contribution in [2.75, 3.05) is 25.5 Å². The van der Waals surface area contributed by atoms with Crippen LogP contribution in [0.2, 0.25) is 5.02 Å². The third kappa shape index (κ3) is 9.78. The number of aliphatic hydroxyl groups excluding tert-OH is 1. The summed E-state index contributed by atoms with van der Waals surface area (Å²) in [6.45, 7) is 4.47. The van der Waals surface area contributed by atoms with Crippen LogP contribution in [0.5, 0.6) is 5.75 Å². The summed E-state index contributed by atoms with van der Waals surface area (Å²) in [5.74, 6) is -0.278. The summed E-state index contributed by atoms with van der Waals surface area (Å²) in [4.78, 5) is 31.7. The zero-order valence-corrected chi connectivity index (χ0v) is 35.9. The molecule has 0 saturated heterocycles. The van der Waals surface area contributed by atoms with Crippen LogP contribution in [0.25, 0.3) is 11.3 Å². The van der Waals surface area contributed by atoms with E-state index in [0.717, 1.165) is 34.2 Å². The van der Waals surface area contributed by atoms with E-state index in [9.17, 15) is 33.0 Å². The molecule has 1 saturated carbocycles. The third-order valence-electron chi connectivity index (χ3n) is 12.6. The van der Waals surface area contributed by atoms with Gasteiger partial charge in [-0.1, -0.05) is 48.4 Å². The molecule has 4 atom stereocenters. The molecule has 3 aliphatic rings. The number of ketones is 1. The summed E-state index contributed by atoms with van der Waals surface area (Å²) in [5.41, 5.74) is 0.293. The van der Waals surface area contributed by atoms with Gasteiger partial charge in [0.15, 0.2) is 5.76 Å². The molecule has 2 heterocycles. The Labute approximate surface area is 363 Å². The largest absolute Gasteiger partial charge is 0.497 e. The zero-order chi connectivity index (χ0) is 43.5. The predicted octanol–water partition coefficient (Wildman–Crippen LogP) is 11.7. The number of methoxy groups -OCH3 is 1. The number of fused-ring (bicyclic) bond motifs is 8. The maximum atomic E-state index is 14.7. The van der Waals surface area contributed by atoms with Crippen LogP contribution in [0.3, 0.4) is 0 Å². The highest BCUT2D eigenvalue weighted by atomic mass is 35.5. The Kier molecular flexibility index (Phi) is 13.2. The maximum absolute atomic E-state index is 14.7. The van der Waals surface area contributed by atoms with Crippen LogP contribution >= 0.6 is 22.9 Å². The van der Waals surface area contributed by atoms with E-state index in [4.69, 9.17) is 20.8 Å². The van der Waals surface area contributed by atoms with Gasteiger partial charge in [-0.15, -0.1) is 11.3 Å². The van der Waals surface area contributed by atoms with E-state index >= 15 is 0 Å². The summed E-state index contributed by atoms with van der Waals surface area (Å²) in [6, 6.07) is 22.1. The lowest BCUT2D eigenvalue weighted by atomic mass is 9.64. The number of furan rings is 1. The molecule has 13 heteroatoms. The smallest absolute Gasteiger partial charge is 0.416 e. The number of hydrogen-bond donors (Lipinski definition) is 3. The summed E-state index contributed by atoms with van der Waals surface area (Å²) < 4.78 is 52.3. The number of nitrogens with zero attached hydrogens (tertiary/aromatic N) is 1. The highest BCUT2D eigenvalue weighted by Gasteiger charge is 2.57. The van der Waals surface area contributed by atoms with Crippen LogP contribution in [-0.2, 0) is 19.0 Å². The minimum atomic E-state index is -4.61. The zero-order valence-electron chi connectivity index (χ0n) is 34.4. The molecule has 3 N–H and O–H groups in total. The number of benzene rings is 3. The van der Waals surface area contributed by atoms with Crippen molar-refractivity contribution in [2.45, 2.75) is 89.0 Å². The topological polar surface area (TPSA) is 112 Å². The molecule has 61 heavy (non-hydrogen) atoms. The summed E-state index contributed by atoms with van der Waals surface area (Å²) in [6.07, 6.45) is 0.938. The van der Waals surface area contributed by atoms with Crippen molar-refractivity contribution in [3.63, 3.8) is 0 Å². The fourth-order valence-corrected chi connectivity index (χ4v) is 9.88. The number of rotatable bonds is 10. The first-order valence-corrected chi connectivity index (χ1v) is 21.8. The van der Waals surface area contributed by atoms with E-state index < -0.39 is 34.6 Å². The molecule has 8 nitrogen and oxygen atoms in total. The van der Waals surface area contributed by atoms with Gasteiger partial charge in [0.2, 0.25) is 5.78 Å². The number of alkyl halides is 3. The van der Waals surface area contributed by atoms with Gasteiger partial charge in [-0.05, 0) is 147 Å². The van der Waals surface area contributed by atoms with Gasteiger partial charge >= 0.3 is 12.2 Å². The second-order valence-corrected chi connectivity index (χ2v) is 18.0. The van der Waals surface area contributed by atoms with E-state index in [1.54, 1.807) is 53.7 Å². The molecular weight excluding hydrogens is 825 g/mol. The molecule has 3 aliphatic carbocycles. The van der Waals surface area contributed by atoms with Gasteiger partial charge in [0.25, 0.3) is 0 Å². The summed E-state index contributed by atoms with van der Waals surface area (Å²) >= 11 is 7.96. The lowest BCUT2D eigenvalue weighted by Gasteiger charge is -2.46. The minimum absolute atomic E-state index is 0.00136. The van der Waals surface area contributed by atoms with Gasteiger partial charge in [-0.2, -0.15) is 13.2 Å². The number of amides is 2. The Hall–Kier alpha value is -4.88. The van der Waals surface area contributed by atoms with Crippen LogP contribution in [0.4, 0.5) is 23.7 Å². The van der Waals surface area contributed by atoms with E-state index in [2.05, 4.69) is 11.4 Å². The SMILES string of the molecule is COc1ccc(NC(=O)N(CCc2cccs2)C[C@]2(O)CC[C@H]3c4ccc(cc4C(=O)c4ccc(-c5cc(C(F)(F)F)ccc5Cl)o4)C[C@@H](O)CCC(C)=CCC[C@@]32C)cc1. The lowest BCUT2D eigenvalue weighted by Crippen LogP contribution is -2.54. The first-order valence-electron chi connectivity index (χ1n) is 20.5.